The Morgan fingerprint density at radius 2 is 2.05 bits per heavy atom. The average Bonchev–Trinajstić information content (AvgIpc) is 2.75. The second-order valence-corrected chi connectivity index (χ2v) is 7.83. The summed E-state index contributed by atoms with van der Waals surface area (Å²) in [5, 5.41) is 2.49. The Balaban J connectivity index is 2.30. The molecule has 102 valence electrons. The maximum absolute atomic E-state index is 11.8. The van der Waals surface area contributed by atoms with E-state index in [4.69, 9.17) is 0 Å². The molecule has 0 unspecified atom stereocenters. The second kappa shape index (κ2) is 5.30. The van der Waals surface area contributed by atoms with Gasteiger partial charge in [0.25, 0.3) is 0 Å². The molecule has 0 aliphatic heterocycles. The van der Waals surface area contributed by atoms with Gasteiger partial charge in [0.2, 0.25) is 10.0 Å². The summed E-state index contributed by atoms with van der Waals surface area (Å²) < 4.78 is 26.2. The zero-order chi connectivity index (χ0) is 14.0. The zero-order valence-electron chi connectivity index (χ0n) is 11.0. The minimum Gasteiger partial charge on any atom is -0.283 e. The molecule has 1 aromatic heterocycles. The molecule has 0 bridgehead atoms. The van der Waals surface area contributed by atoms with Crippen LogP contribution in [0.1, 0.15) is 18.9 Å². The molecule has 0 saturated carbocycles. The number of thiazole rings is 1. The van der Waals surface area contributed by atoms with Crippen LogP contribution in [0, 0.1) is 6.92 Å². The summed E-state index contributed by atoms with van der Waals surface area (Å²) >= 11 is 1.57. The first kappa shape index (κ1) is 14.0. The van der Waals surface area contributed by atoms with Crippen LogP contribution in [-0.4, -0.2) is 18.7 Å². The molecule has 1 N–H and O–H groups in total. The highest BCUT2D eigenvalue weighted by Crippen LogP contribution is 2.24. The van der Waals surface area contributed by atoms with Gasteiger partial charge in [-0.05, 0) is 32.9 Å². The number of sulfonamides is 1. The fourth-order valence-corrected chi connectivity index (χ4v) is 2.83. The van der Waals surface area contributed by atoms with E-state index in [0.29, 0.717) is 5.69 Å². The van der Waals surface area contributed by atoms with Crippen LogP contribution in [-0.2, 0) is 10.0 Å². The van der Waals surface area contributed by atoms with Crippen molar-refractivity contribution in [2.45, 2.75) is 26.0 Å². The lowest BCUT2D eigenvalue weighted by molar-refractivity contribution is 0.593. The van der Waals surface area contributed by atoms with Gasteiger partial charge in [0.15, 0.2) is 0 Å². The van der Waals surface area contributed by atoms with E-state index in [2.05, 4.69) is 9.71 Å². The average molecular weight is 296 g/mol. The first-order valence-corrected chi connectivity index (χ1v) is 8.35. The Labute approximate surface area is 117 Å². The van der Waals surface area contributed by atoms with Crippen molar-refractivity contribution in [1.29, 1.82) is 0 Å². The third-order valence-electron chi connectivity index (χ3n) is 2.66. The Morgan fingerprint density at radius 3 is 2.63 bits per heavy atom. The Morgan fingerprint density at radius 1 is 1.32 bits per heavy atom. The van der Waals surface area contributed by atoms with Crippen LogP contribution in [0.3, 0.4) is 0 Å². The molecular formula is C13H16N2O2S2. The number of hydrogen-bond donors (Lipinski definition) is 1. The van der Waals surface area contributed by atoms with Gasteiger partial charge < -0.3 is 0 Å². The van der Waals surface area contributed by atoms with Gasteiger partial charge in [-0.3, -0.25) is 4.72 Å². The van der Waals surface area contributed by atoms with Gasteiger partial charge in [0.05, 0.1) is 16.0 Å². The van der Waals surface area contributed by atoms with Crippen molar-refractivity contribution >= 4 is 27.0 Å². The van der Waals surface area contributed by atoms with E-state index in [1.165, 1.54) is 0 Å². The molecule has 0 spiro atoms. The highest BCUT2D eigenvalue weighted by Gasteiger charge is 2.15. The van der Waals surface area contributed by atoms with Crippen molar-refractivity contribution in [1.82, 2.24) is 4.98 Å². The molecular weight excluding hydrogens is 280 g/mol. The molecule has 0 fully saturated rings. The molecule has 6 heteroatoms. The summed E-state index contributed by atoms with van der Waals surface area (Å²) in [5.74, 6) is 0. The molecule has 0 amide bonds. The third kappa shape index (κ3) is 3.33. The normalized spacial score (nSPS) is 11.8. The molecule has 0 atom stereocenters. The number of nitrogens with one attached hydrogen (secondary N) is 1. The molecule has 0 aliphatic carbocycles. The number of hydrogen-bond acceptors (Lipinski definition) is 4. The van der Waals surface area contributed by atoms with Crippen molar-refractivity contribution < 1.29 is 8.42 Å². The van der Waals surface area contributed by atoms with Gasteiger partial charge in [-0.2, -0.15) is 0 Å². The van der Waals surface area contributed by atoms with Crippen molar-refractivity contribution in [3.05, 3.63) is 34.7 Å². The highest BCUT2D eigenvalue weighted by molar-refractivity contribution is 7.93. The lowest BCUT2D eigenvalue weighted by atomic mass is 10.1. The van der Waals surface area contributed by atoms with Crippen molar-refractivity contribution in [3.63, 3.8) is 0 Å². The highest BCUT2D eigenvalue weighted by atomic mass is 32.2. The maximum atomic E-state index is 11.8. The molecule has 1 heterocycles. The summed E-state index contributed by atoms with van der Waals surface area (Å²) in [7, 11) is -3.31. The molecule has 1 aromatic carbocycles. The van der Waals surface area contributed by atoms with Crippen molar-refractivity contribution in [2.75, 3.05) is 4.72 Å². The van der Waals surface area contributed by atoms with Gasteiger partial charge in [0.1, 0.15) is 0 Å². The van der Waals surface area contributed by atoms with E-state index in [0.717, 1.165) is 16.3 Å². The van der Waals surface area contributed by atoms with Crippen LogP contribution in [0.2, 0.25) is 0 Å². The number of rotatable bonds is 4. The summed E-state index contributed by atoms with van der Waals surface area (Å²) in [4.78, 5) is 4.39. The quantitative estimate of drug-likeness (QED) is 0.942. The minimum atomic E-state index is -3.31. The smallest absolute Gasteiger partial charge is 0.235 e. The number of nitrogens with zero attached hydrogens (tertiary/aromatic N) is 1. The van der Waals surface area contributed by atoms with Gasteiger partial charge in [0, 0.05) is 16.6 Å². The predicted octanol–water partition coefficient (Wildman–Crippen LogP) is 3.27. The molecule has 2 aromatic rings. The van der Waals surface area contributed by atoms with E-state index < -0.39 is 15.3 Å². The summed E-state index contributed by atoms with van der Waals surface area (Å²) in [6, 6.07) is 7.28. The van der Waals surface area contributed by atoms with Crippen LogP contribution in [0.4, 0.5) is 5.69 Å². The van der Waals surface area contributed by atoms with Crippen molar-refractivity contribution in [3.8, 4) is 11.3 Å². The lowest BCUT2D eigenvalue weighted by Gasteiger charge is -2.11. The lowest BCUT2D eigenvalue weighted by Crippen LogP contribution is -2.22. The fraction of sp³-hybridized carbons (Fsp3) is 0.308. The van der Waals surface area contributed by atoms with E-state index in [-0.39, 0.29) is 0 Å². The van der Waals surface area contributed by atoms with Gasteiger partial charge in [-0.25, -0.2) is 13.4 Å². The Bertz CT molecular complexity index is 675. The number of benzene rings is 1. The molecule has 0 aliphatic rings. The maximum Gasteiger partial charge on any atom is 0.235 e. The number of anilines is 1. The van der Waals surface area contributed by atoms with Crippen LogP contribution in [0.5, 0.6) is 0 Å². The van der Waals surface area contributed by atoms with Gasteiger partial charge in [-0.15, -0.1) is 11.3 Å². The molecule has 4 nitrogen and oxygen atoms in total. The number of aryl methyl sites for hydroxylation is 1. The van der Waals surface area contributed by atoms with Gasteiger partial charge >= 0.3 is 0 Å². The Hall–Kier alpha value is -1.40. The topological polar surface area (TPSA) is 59.1 Å². The fourth-order valence-electron chi connectivity index (χ4n) is 1.52. The van der Waals surface area contributed by atoms with E-state index in [9.17, 15) is 8.42 Å². The predicted molar refractivity (Wildman–Crippen MR) is 80.0 cm³/mol. The monoisotopic (exact) mass is 296 g/mol. The van der Waals surface area contributed by atoms with Crippen LogP contribution < -0.4 is 4.72 Å². The zero-order valence-corrected chi connectivity index (χ0v) is 12.7. The summed E-state index contributed by atoms with van der Waals surface area (Å²) in [6.07, 6.45) is 0. The van der Waals surface area contributed by atoms with E-state index in [1.807, 2.05) is 24.4 Å². The largest absolute Gasteiger partial charge is 0.283 e. The Kier molecular flexibility index (Phi) is 3.91. The molecule has 2 rings (SSSR count). The standard InChI is InChI=1S/C13H16N2O2S2/c1-9(2)19(16,17)15-12-6-4-5-11(7-12)13-8-18-10(3)14-13/h4-9,15H,1-3H3. The molecule has 0 radical (unpaired) electrons. The third-order valence-corrected chi connectivity index (χ3v) is 5.19. The molecule has 0 saturated heterocycles. The SMILES string of the molecule is Cc1nc(-c2cccc(NS(=O)(=O)C(C)C)c2)cs1. The van der Waals surface area contributed by atoms with Crippen LogP contribution in [0.15, 0.2) is 29.6 Å². The first-order valence-electron chi connectivity index (χ1n) is 5.92. The summed E-state index contributed by atoms with van der Waals surface area (Å²) in [5.41, 5.74) is 2.35. The first-order chi connectivity index (χ1) is 8.88. The molecule has 19 heavy (non-hydrogen) atoms. The van der Waals surface area contributed by atoms with E-state index in [1.54, 1.807) is 37.3 Å². The summed E-state index contributed by atoms with van der Waals surface area (Å²) in [6.45, 7) is 5.24. The van der Waals surface area contributed by atoms with Crippen molar-refractivity contribution in [2.24, 2.45) is 0 Å². The van der Waals surface area contributed by atoms with Crippen LogP contribution in [0.25, 0.3) is 11.3 Å². The van der Waals surface area contributed by atoms with Gasteiger partial charge in [-0.1, -0.05) is 12.1 Å². The number of aromatic nitrogens is 1. The van der Waals surface area contributed by atoms with E-state index >= 15 is 0 Å². The minimum absolute atomic E-state index is 0.460. The second-order valence-electron chi connectivity index (χ2n) is 4.53. The van der Waals surface area contributed by atoms with Crippen LogP contribution >= 0.6 is 11.3 Å².